The van der Waals surface area contributed by atoms with Crippen LogP contribution < -0.4 is 16.6 Å². The Hall–Kier alpha value is -2.01. The van der Waals surface area contributed by atoms with Crippen molar-refractivity contribution >= 4 is 5.91 Å². The number of methoxy groups -OCH3 is 1. The molecule has 1 atom stereocenters. The van der Waals surface area contributed by atoms with Crippen LogP contribution in [0, 0.1) is 5.41 Å². The van der Waals surface area contributed by atoms with Crippen molar-refractivity contribution in [3.8, 4) is 0 Å². The SMILES string of the molecule is C=C/C=C\C(OC)=C(/C)NC(=O)C1(C)CC=C(NN)CC1. The highest BCUT2D eigenvalue weighted by molar-refractivity contribution is 5.84. The average Bonchev–Trinajstić information content (AvgIpc) is 2.48. The number of rotatable bonds is 6. The zero-order valence-electron chi connectivity index (χ0n) is 13.0. The van der Waals surface area contributed by atoms with Crippen molar-refractivity contribution in [1.29, 1.82) is 0 Å². The van der Waals surface area contributed by atoms with Crippen molar-refractivity contribution in [3.63, 3.8) is 0 Å². The highest BCUT2D eigenvalue weighted by Crippen LogP contribution is 2.34. The summed E-state index contributed by atoms with van der Waals surface area (Å²) in [5, 5.41) is 2.93. The van der Waals surface area contributed by atoms with Crippen molar-refractivity contribution in [2.45, 2.75) is 33.1 Å². The minimum atomic E-state index is -0.428. The second-order valence-electron chi connectivity index (χ2n) is 5.38. The van der Waals surface area contributed by atoms with Crippen molar-refractivity contribution in [2.24, 2.45) is 11.3 Å². The van der Waals surface area contributed by atoms with E-state index >= 15 is 0 Å². The molecule has 0 heterocycles. The topological polar surface area (TPSA) is 76.4 Å². The van der Waals surface area contributed by atoms with E-state index in [1.54, 1.807) is 25.3 Å². The first-order chi connectivity index (χ1) is 9.96. The van der Waals surface area contributed by atoms with Crippen LogP contribution in [0.15, 0.2) is 48.0 Å². The molecule has 116 valence electrons. The van der Waals surface area contributed by atoms with Gasteiger partial charge < -0.3 is 15.5 Å². The van der Waals surface area contributed by atoms with Gasteiger partial charge in [0.2, 0.25) is 5.91 Å². The van der Waals surface area contributed by atoms with E-state index < -0.39 is 5.41 Å². The van der Waals surface area contributed by atoms with E-state index in [1.807, 2.05) is 19.9 Å². The molecule has 1 rings (SSSR count). The molecule has 5 heteroatoms. The summed E-state index contributed by atoms with van der Waals surface area (Å²) in [6.45, 7) is 7.39. The zero-order valence-corrected chi connectivity index (χ0v) is 13.0. The van der Waals surface area contributed by atoms with Gasteiger partial charge in [-0.2, -0.15) is 0 Å². The smallest absolute Gasteiger partial charge is 0.230 e. The Morgan fingerprint density at radius 2 is 2.29 bits per heavy atom. The van der Waals surface area contributed by atoms with E-state index in [-0.39, 0.29) is 5.91 Å². The number of hydrogen-bond acceptors (Lipinski definition) is 4. The molecule has 0 fully saturated rings. The van der Waals surface area contributed by atoms with Crippen LogP contribution in [0.5, 0.6) is 0 Å². The maximum Gasteiger partial charge on any atom is 0.230 e. The van der Waals surface area contributed by atoms with E-state index in [1.165, 1.54) is 0 Å². The first-order valence-corrected chi connectivity index (χ1v) is 6.98. The van der Waals surface area contributed by atoms with Gasteiger partial charge in [0.1, 0.15) is 5.76 Å². The minimum absolute atomic E-state index is 0.00567. The minimum Gasteiger partial charge on any atom is -0.495 e. The molecule has 1 aliphatic rings. The van der Waals surface area contributed by atoms with Gasteiger partial charge in [0.05, 0.1) is 18.2 Å². The van der Waals surface area contributed by atoms with E-state index in [4.69, 9.17) is 10.6 Å². The number of nitrogens with one attached hydrogen (secondary N) is 2. The predicted molar refractivity (Wildman–Crippen MR) is 84.6 cm³/mol. The fraction of sp³-hybridized carbons (Fsp3) is 0.438. The normalized spacial score (nSPS) is 23.1. The number of carbonyl (C=O) groups excluding carboxylic acids is 1. The van der Waals surface area contributed by atoms with Crippen molar-refractivity contribution in [1.82, 2.24) is 10.7 Å². The molecule has 0 aliphatic heterocycles. The molecule has 1 amide bonds. The van der Waals surface area contributed by atoms with Crippen LogP contribution in [-0.4, -0.2) is 13.0 Å². The summed E-state index contributed by atoms with van der Waals surface area (Å²) in [7, 11) is 1.57. The summed E-state index contributed by atoms with van der Waals surface area (Å²) in [6, 6.07) is 0. The summed E-state index contributed by atoms with van der Waals surface area (Å²) < 4.78 is 5.26. The lowest BCUT2D eigenvalue weighted by Gasteiger charge is -2.31. The van der Waals surface area contributed by atoms with Crippen LogP contribution in [0.1, 0.15) is 33.1 Å². The summed E-state index contributed by atoms with van der Waals surface area (Å²) >= 11 is 0. The maximum atomic E-state index is 12.5. The fourth-order valence-corrected chi connectivity index (χ4v) is 2.18. The van der Waals surface area contributed by atoms with Gasteiger partial charge in [-0.15, -0.1) is 0 Å². The third-order valence-electron chi connectivity index (χ3n) is 3.75. The Balaban J connectivity index is 2.80. The molecule has 5 nitrogen and oxygen atoms in total. The van der Waals surface area contributed by atoms with Gasteiger partial charge in [0.25, 0.3) is 0 Å². The maximum absolute atomic E-state index is 12.5. The van der Waals surface area contributed by atoms with Crippen molar-refractivity contribution in [3.05, 3.63) is 48.0 Å². The molecular weight excluding hydrogens is 266 g/mol. The Morgan fingerprint density at radius 1 is 1.57 bits per heavy atom. The van der Waals surface area contributed by atoms with Crippen molar-refractivity contribution < 1.29 is 9.53 Å². The summed E-state index contributed by atoms with van der Waals surface area (Å²) in [4.78, 5) is 12.5. The highest BCUT2D eigenvalue weighted by atomic mass is 16.5. The third-order valence-corrected chi connectivity index (χ3v) is 3.75. The average molecular weight is 291 g/mol. The number of hydrogen-bond donors (Lipinski definition) is 3. The molecule has 0 saturated carbocycles. The Labute approximate surface area is 126 Å². The molecule has 0 aromatic carbocycles. The van der Waals surface area contributed by atoms with Crippen LogP contribution in [0.4, 0.5) is 0 Å². The summed E-state index contributed by atoms with van der Waals surface area (Å²) in [6.07, 6.45) is 9.36. The van der Waals surface area contributed by atoms with Gasteiger partial charge in [0, 0.05) is 5.70 Å². The molecular formula is C16H25N3O2. The second-order valence-corrected chi connectivity index (χ2v) is 5.38. The predicted octanol–water partition coefficient (Wildman–Crippen LogP) is 2.26. The van der Waals surface area contributed by atoms with E-state index in [0.717, 1.165) is 18.5 Å². The lowest BCUT2D eigenvalue weighted by Crippen LogP contribution is -2.40. The molecule has 1 aliphatic carbocycles. The summed E-state index contributed by atoms with van der Waals surface area (Å²) in [5.41, 5.74) is 3.90. The Morgan fingerprint density at radius 3 is 2.76 bits per heavy atom. The molecule has 0 radical (unpaired) electrons. The molecule has 21 heavy (non-hydrogen) atoms. The molecule has 1 unspecified atom stereocenters. The fourth-order valence-electron chi connectivity index (χ4n) is 2.18. The Kier molecular flexibility index (Phi) is 6.24. The lowest BCUT2D eigenvalue weighted by molar-refractivity contribution is -0.129. The first kappa shape index (κ1) is 17.0. The summed E-state index contributed by atoms with van der Waals surface area (Å²) in [5.74, 6) is 6.00. The molecule has 0 bridgehead atoms. The van der Waals surface area contributed by atoms with E-state index in [9.17, 15) is 4.79 Å². The van der Waals surface area contributed by atoms with Gasteiger partial charge >= 0.3 is 0 Å². The van der Waals surface area contributed by atoms with Gasteiger partial charge in [-0.1, -0.05) is 31.7 Å². The largest absolute Gasteiger partial charge is 0.495 e. The number of amides is 1. The first-order valence-electron chi connectivity index (χ1n) is 6.98. The molecule has 0 aromatic heterocycles. The van der Waals surface area contributed by atoms with Gasteiger partial charge in [-0.3, -0.25) is 10.6 Å². The lowest BCUT2D eigenvalue weighted by atomic mass is 9.77. The monoisotopic (exact) mass is 291 g/mol. The number of nitrogens with two attached hydrogens (primary N) is 1. The quantitative estimate of drug-likeness (QED) is 0.304. The van der Waals surface area contributed by atoms with Crippen LogP contribution >= 0.6 is 0 Å². The number of allylic oxidation sites excluding steroid dienone is 6. The standard InChI is InChI=1S/C16H25N3O2/c1-5-6-7-14(21-4)12(2)18-15(20)16(3)10-8-13(19-17)9-11-16/h5-8,19H,1,9-11,17H2,2-4H3,(H,18,20)/b7-6-,14-12-. The van der Waals surface area contributed by atoms with E-state index in [0.29, 0.717) is 17.9 Å². The van der Waals surface area contributed by atoms with Crippen LogP contribution in [0.2, 0.25) is 0 Å². The van der Waals surface area contributed by atoms with Crippen LogP contribution in [0.25, 0.3) is 0 Å². The van der Waals surface area contributed by atoms with Gasteiger partial charge in [-0.05, 0) is 32.3 Å². The zero-order chi connectivity index (χ0) is 15.9. The van der Waals surface area contributed by atoms with Gasteiger partial charge in [-0.25, -0.2) is 0 Å². The number of carbonyl (C=O) groups is 1. The van der Waals surface area contributed by atoms with Crippen LogP contribution in [0.3, 0.4) is 0 Å². The molecule has 0 spiro atoms. The number of hydrazine groups is 1. The van der Waals surface area contributed by atoms with E-state index in [2.05, 4.69) is 17.3 Å². The highest BCUT2D eigenvalue weighted by Gasteiger charge is 2.34. The molecule has 4 N–H and O–H groups in total. The third kappa shape index (κ3) is 4.49. The Bertz CT molecular complexity index is 492. The van der Waals surface area contributed by atoms with Crippen LogP contribution in [-0.2, 0) is 9.53 Å². The molecule has 0 saturated heterocycles. The van der Waals surface area contributed by atoms with Gasteiger partial charge in [0.15, 0.2) is 0 Å². The molecule has 0 aromatic rings. The second kappa shape index (κ2) is 7.69. The number of ether oxygens (including phenoxy) is 1. The van der Waals surface area contributed by atoms with Crippen molar-refractivity contribution in [2.75, 3.05) is 7.11 Å².